The number of Topliss-reactive ketones (excluding diaryl/α,β-unsaturated/α-hetero) is 1. The zero-order valence-electron chi connectivity index (χ0n) is 24.4. The van der Waals surface area contributed by atoms with E-state index < -0.39 is 23.5 Å². The Morgan fingerprint density at radius 1 is 1.07 bits per heavy atom. The van der Waals surface area contributed by atoms with E-state index in [2.05, 4.69) is 18.8 Å². The number of ether oxygens (including phenoxy) is 3. The van der Waals surface area contributed by atoms with Gasteiger partial charge in [-0.2, -0.15) is 0 Å². The average molecular weight is 633 g/mol. The van der Waals surface area contributed by atoms with Gasteiger partial charge in [0.25, 0.3) is 5.91 Å². The Kier molecular flexibility index (Phi) is 7.96. The number of hydrogen-bond donors (Lipinski definition) is 1. The summed E-state index contributed by atoms with van der Waals surface area (Å²) in [4.78, 5) is 33.9. The molecular formula is C33H29ClN2O7S. The van der Waals surface area contributed by atoms with Gasteiger partial charge in [-0.15, -0.1) is 0 Å². The summed E-state index contributed by atoms with van der Waals surface area (Å²) in [5.41, 5.74) is 1.35. The predicted molar refractivity (Wildman–Crippen MR) is 170 cm³/mol. The number of thiazole rings is 1. The minimum Gasteiger partial charge on any atom is -0.503 e. The number of aromatic nitrogens is 1. The van der Waals surface area contributed by atoms with Gasteiger partial charge >= 0.3 is 0 Å². The van der Waals surface area contributed by atoms with Crippen LogP contribution in [0.4, 0.5) is 5.13 Å². The molecule has 1 atom stereocenters. The van der Waals surface area contributed by atoms with Crippen molar-refractivity contribution in [2.45, 2.75) is 26.3 Å². The summed E-state index contributed by atoms with van der Waals surface area (Å²) in [6, 6.07) is 16.2. The zero-order valence-corrected chi connectivity index (χ0v) is 26.0. The number of amides is 1. The highest BCUT2D eigenvalue weighted by Crippen LogP contribution is 2.46. The Morgan fingerprint density at radius 3 is 2.61 bits per heavy atom. The minimum absolute atomic E-state index is 0.0533. The maximum absolute atomic E-state index is 14.2. The van der Waals surface area contributed by atoms with E-state index in [1.54, 1.807) is 60.7 Å². The molecule has 0 fully saturated rings. The number of furan rings is 1. The van der Waals surface area contributed by atoms with Crippen molar-refractivity contribution >= 4 is 60.9 Å². The lowest BCUT2D eigenvalue weighted by molar-refractivity contribution is -0.117. The predicted octanol–water partition coefficient (Wildman–Crippen LogP) is 7.92. The van der Waals surface area contributed by atoms with E-state index in [1.807, 2.05) is 0 Å². The van der Waals surface area contributed by atoms with E-state index in [9.17, 15) is 14.7 Å². The van der Waals surface area contributed by atoms with E-state index >= 15 is 0 Å². The minimum atomic E-state index is -1.06. The SMILES string of the molecule is COc1cc(C2C(C(=O)c3cc4cccc(OC)c4o3)=C(O)C(=O)N2c2nc3ccc(Cl)cc3s2)ccc1OCCC(C)C. The van der Waals surface area contributed by atoms with E-state index in [4.69, 9.17) is 30.2 Å². The van der Waals surface area contributed by atoms with Crippen LogP contribution in [-0.4, -0.2) is 42.6 Å². The van der Waals surface area contributed by atoms with Crippen LogP contribution in [0.2, 0.25) is 5.02 Å². The molecule has 1 amide bonds. The molecule has 6 rings (SSSR count). The number of aliphatic hydroxyl groups is 1. The number of ketones is 1. The standard InChI is InChI=1S/C33H29ClN2O7S/c1-17(2)12-13-42-22-11-8-18(14-24(22)41-4)28-27(29(37)25-15-19-6-5-7-23(40-3)31(19)43-25)30(38)32(39)36(28)33-35-21-10-9-20(34)16-26(21)44-33/h5-11,14-17,28,38H,12-13H2,1-4H3. The third-order valence-electron chi connectivity index (χ3n) is 7.41. The summed E-state index contributed by atoms with van der Waals surface area (Å²) >= 11 is 7.44. The van der Waals surface area contributed by atoms with Crippen LogP contribution >= 0.6 is 22.9 Å². The van der Waals surface area contributed by atoms with Crippen LogP contribution in [0.5, 0.6) is 17.2 Å². The van der Waals surface area contributed by atoms with Gasteiger partial charge in [-0.25, -0.2) is 4.98 Å². The molecule has 226 valence electrons. The van der Waals surface area contributed by atoms with Crippen molar-refractivity contribution in [1.82, 2.24) is 4.98 Å². The summed E-state index contributed by atoms with van der Waals surface area (Å²) in [5.74, 6) is -0.318. The van der Waals surface area contributed by atoms with Crippen LogP contribution in [-0.2, 0) is 4.79 Å². The van der Waals surface area contributed by atoms with Gasteiger partial charge in [0.15, 0.2) is 39.5 Å². The molecule has 1 aliphatic heterocycles. The molecule has 0 spiro atoms. The highest BCUT2D eigenvalue weighted by Gasteiger charge is 2.47. The Labute approximate surface area is 262 Å². The molecule has 1 aliphatic rings. The Hall–Kier alpha value is -4.54. The molecule has 44 heavy (non-hydrogen) atoms. The lowest BCUT2D eigenvalue weighted by Crippen LogP contribution is -2.31. The second-order valence-corrected chi connectivity index (χ2v) is 12.2. The smallest absolute Gasteiger partial charge is 0.296 e. The maximum atomic E-state index is 14.2. The van der Waals surface area contributed by atoms with Gasteiger partial charge in [0.2, 0.25) is 5.78 Å². The summed E-state index contributed by atoms with van der Waals surface area (Å²) < 4.78 is 23.7. The molecule has 0 saturated carbocycles. The molecule has 0 radical (unpaired) electrons. The number of para-hydroxylation sites is 1. The quantitative estimate of drug-likeness (QED) is 0.155. The Morgan fingerprint density at radius 2 is 1.86 bits per heavy atom. The molecule has 0 aliphatic carbocycles. The number of methoxy groups -OCH3 is 2. The summed E-state index contributed by atoms with van der Waals surface area (Å²) in [6.45, 7) is 4.72. The number of hydrogen-bond acceptors (Lipinski definition) is 9. The lowest BCUT2D eigenvalue weighted by Gasteiger charge is -2.25. The fourth-order valence-corrected chi connectivity index (χ4v) is 6.43. The molecule has 1 unspecified atom stereocenters. The monoisotopic (exact) mass is 632 g/mol. The first-order chi connectivity index (χ1) is 21.2. The number of halogens is 1. The van der Waals surface area contributed by atoms with Crippen LogP contribution < -0.4 is 19.1 Å². The van der Waals surface area contributed by atoms with Crippen molar-refractivity contribution in [3.05, 3.63) is 88.3 Å². The van der Waals surface area contributed by atoms with Gasteiger partial charge in [0.05, 0.1) is 42.7 Å². The first-order valence-corrected chi connectivity index (χ1v) is 15.1. The number of anilines is 1. The van der Waals surface area contributed by atoms with Gasteiger partial charge in [-0.1, -0.05) is 55.0 Å². The topological polar surface area (TPSA) is 111 Å². The molecule has 3 heterocycles. The molecular weight excluding hydrogens is 604 g/mol. The molecule has 5 aromatic rings. The zero-order chi connectivity index (χ0) is 31.1. The van der Waals surface area contributed by atoms with Crippen molar-refractivity contribution in [2.24, 2.45) is 5.92 Å². The maximum Gasteiger partial charge on any atom is 0.296 e. The molecule has 9 nitrogen and oxygen atoms in total. The fourth-order valence-electron chi connectivity index (χ4n) is 5.16. The molecule has 0 bridgehead atoms. The number of rotatable bonds is 10. The van der Waals surface area contributed by atoms with Gasteiger partial charge in [0, 0.05) is 10.4 Å². The molecule has 3 aromatic carbocycles. The van der Waals surface area contributed by atoms with Gasteiger partial charge in [-0.3, -0.25) is 14.5 Å². The van der Waals surface area contributed by atoms with E-state index in [0.717, 1.165) is 11.1 Å². The molecule has 11 heteroatoms. The normalized spacial score (nSPS) is 15.2. The van der Waals surface area contributed by atoms with E-state index in [1.165, 1.54) is 30.5 Å². The molecule has 1 N–H and O–H groups in total. The number of aliphatic hydroxyl groups excluding tert-OH is 1. The van der Waals surface area contributed by atoms with Crippen LogP contribution in [0, 0.1) is 5.92 Å². The first kappa shape index (κ1) is 29.5. The Balaban J connectivity index is 1.47. The molecule has 0 saturated heterocycles. The molecule has 2 aromatic heterocycles. The third-order valence-corrected chi connectivity index (χ3v) is 8.66. The van der Waals surface area contributed by atoms with Crippen LogP contribution in [0.25, 0.3) is 21.2 Å². The van der Waals surface area contributed by atoms with Crippen molar-refractivity contribution in [3.8, 4) is 17.2 Å². The van der Waals surface area contributed by atoms with Gasteiger partial charge < -0.3 is 23.7 Å². The highest BCUT2D eigenvalue weighted by molar-refractivity contribution is 7.22. The average Bonchev–Trinajstić information content (AvgIpc) is 3.70. The lowest BCUT2D eigenvalue weighted by atomic mass is 9.95. The second-order valence-electron chi connectivity index (χ2n) is 10.7. The number of carbonyl (C=O) groups excluding carboxylic acids is 2. The largest absolute Gasteiger partial charge is 0.503 e. The van der Waals surface area contributed by atoms with Crippen molar-refractivity contribution in [3.63, 3.8) is 0 Å². The number of fused-ring (bicyclic) bond motifs is 2. The van der Waals surface area contributed by atoms with Crippen molar-refractivity contribution in [1.29, 1.82) is 0 Å². The summed E-state index contributed by atoms with van der Waals surface area (Å²) in [5, 5.41) is 12.7. The van der Waals surface area contributed by atoms with Gasteiger partial charge in [-0.05, 0) is 60.4 Å². The van der Waals surface area contributed by atoms with E-state index in [-0.39, 0.29) is 16.5 Å². The van der Waals surface area contributed by atoms with Crippen LogP contribution in [0.3, 0.4) is 0 Å². The number of carbonyl (C=O) groups is 2. The van der Waals surface area contributed by atoms with Crippen LogP contribution in [0.1, 0.15) is 42.4 Å². The first-order valence-electron chi connectivity index (χ1n) is 13.9. The Bertz CT molecular complexity index is 1940. The number of nitrogens with zero attached hydrogens (tertiary/aromatic N) is 2. The number of benzene rings is 3. The fraction of sp³-hybridized carbons (Fsp3) is 0.242. The van der Waals surface area contributed by atoms with Crippen molar-refractivity contribution < 1.29 is 33.3 Å². The summed E-state index contributed by atoms with van der Waals surface area (Å²) in [6.07, 6.45) is 0.856. The highest BCUT2D eigenvalue weighted by atomic mass is 35.5. The third kappa shape index (κ3) is 5.24. The van der Waals surface area contributed by atoms with Gasteiger partial charge in [0.1, 0.15) is 0 Å². The van der Waals surface area contributed by atoms with Crippen LogP contribution in [0.15, 0.2) is 76.4 Å². The van der Waals surface area contributed by atoms with Crippen molar-refractivity contribution in [2.75, 3.05) is 25.7 Å². The second kappa shape index (κ2) is 11.9. The summed E-state index contributed by atoms with van der Waals surface area (Å²) in [7, 11) is 3.02. The van der Waals surface area contributed by atoms with E-state index in [0.29, 0.717) is 56.8 Å².